The van der Waals surface area contributed by atoms with Crippen LogP contribution in [0.5, 0.6) is 0 Å². The average Bonchev–Trinajstić information content (AvgIpc) is 2.32. The van der Waals surface area contributed by atoms with E-state index in [-0.39, 0.29) is 17.4 Å². The zero-order valence-corrected chi connectivity index (χ0v) is 5.72. The van der Waals surface area contributed by atoms with Crippen molar-refractivity contribution in [2.75, 3.05) is 0 Å². The molecule has 0 aliphatic carbocycles. The van der Waals surface area contributed by atoms with Crippen molar-refractivity contribution in [3.63, 3.8) is 0 Å². The average molecular weight is 152 g/mol. The van der Waals surface area contributed by atoms with Crippen LogP contribution < -0.4 is 11.5 Å². The lowest BCUT2D eigenvalue weighted by Gasteiger charge is -1.95. The summed E-state index contributed by atoms with van der Waals surface area (Å²) in [7, 11) is 0. The minimum absolute atomic E-state index is 0.149. The third-order valence-electron chi connectivity index (χ3n) is 1.20. The second-order valence-corrected chi connectivity index (χ2v) is 1.99. The first kappa shape index (κ1) is 7.33. The predicted octanol–water partition coefficient (Wildman–Crippen LogP) is -0.152. The number of hydrogen-bond acceptors (Lipinski definition) is 3. The lowest BCUT2D eigenvalue weighted by molar-refractivity contribution is 0.555. The van der Waals surface area contributed by atoms with E-state index in [1.807, 2.05) is 0 Å². The fraction of sp³-hybridized carbons (Fsp3) is 0. The fourth-order valence-electron chi connectivity index (χ4n) is 0.730. The molecule has 1 heterocycles. The highest BCUT2D eigenvalue weighted by atomic mass is 16.3. The van der Waals surface area contributed by atoms with Gasteiger partial charge in [-0.25, -0.2) is 0 Å². The summed E-state index contributed by atoms with van der Waals surface area (Å²) in [5.41, 5.74) is 10.7. The number of nitrogens with one attached hydrogen (secondary N) is 2. The van der Waals surface area contributed by atoms with Crippen LogP contribution >= 0.6 is 0 Å². The van der Waals surface area contributed by atoms with E-state index in [1.54, 1.807) is 0 Å². The Bertz CT molecular complexity index is 273. The van der Waals surface area contributed by atoms with E-state index in [0.717, 1.165) is 0 Å². The van der Waals surface area contributed by atoms with Gasteiger partial charge in [0, 0.05) is 0 Å². The predicted molar refractivity (Wildman–Crippen MR) is 40.7 cm³/mol. The Hall–Kier alpha value is -1.78. The molecule has 0 saturated heterocycles. The van der Waals surface area contributed by atoms with Gasteiger partial charge in [-0.15, -0.1) is 0 Å². The molecular weight excluding hydrogens is 144 g/mol. The summed E-state index contributed by atoms with van der Waals surface area (Å²) in [5.74, 6) is -0.221. The molecule has 5 heteroatoms. The van der Waals surface area contributed by atoms with Crippen LogP contribution in [-0.4, -0.2) is 11.7 Å². The Kier molecular flexibility index (Phi) is 1.63. The van der Waals surface area contributed by atoms with Crippen LogP contribution in [-0.2, 0) is 0 Å². The summed E-state index contributed by atoms with van der Waals surface area (Å²) in [5, 5.41) is 14.1. The summed E-state index contributed by atoms with van der Waals surface area (Å²) in [4.78, 5) is 0. The molecule has 0 atom stereocenters. The molecule has 1 rings (SSSR count). The van der Waals surface area contributed by atoms with Crippen molar-refractivity contribution in [2.24, 2.45) is 11.5 Å². The van der Waals surface area contributed by atoms with Gasteiger partial charge in [0.15, 0.2) is 11.6 Å². The van der Waals surface area contributed by atoms with Gasteiger partial charge in [-0.2, -0.15) is 0 Å². The van der Waals surface area contributed by atoms with Crippen LogP contribution in [0.15, 0.2) is 16.7 Å². The molecular formula is C6H8N4O. The van der Waals surface area contributed by atoms with Crippen molar-refractivity contribution in [1.82, 2.24) is 0 Å². The van der Waals surface area contributed by atoms with Crippen molar-refractivity contribution >= 4 is 11.7 Å². The molecule has 0 aliphatic heterocycles. The molecule has 0 spiro atoms. The van der Waals surface area contributed by atoms with Crippen LogP contribution in [0.4, 0.5) is 0 Å². The highest BCUT2D eigenvalue weighted by Gasteiger charge is 2.10. The topological polar surface area (TPSA) is 113 Å². The van der Waals surface area contributed by atoms with Crippen LogP contribution in [0.2, 0.25) is 0 Å². The molecule has 1 aromatic rings. The first-order chi connectivity index (χ1) is 5.13. The zero-order chi connectivity index (χ0) is 8.43. The molecule has 5 nitrogen and oxygen atoms in total. The Labute approximate surface area is 63.0 Å². The Morgan fingerprint density at radius 1 is 1.27 bits per heavy atom. The smallest absolute Gasteiger partial charge is 0.178 e. The standard InChI is InChI=1S/C6H8N4O/c7-5(8)3-1-2-11-4(3)6(9)10/h1-2H,(H3,7,8)(H3,9,10). The zero-order valence-electron chi connectivity index (χ0n) is 5.72. The summed E-state index contributed by atoms with van der Waals surface area (Å²) in [6.07, 6.45) is 1.34. The SMILES string of the molecule is N=C(N)c1ccoc1C(=N)N. The molecule has 58 valence electrons. The van der Waals surface area contributed by atoms with E-state index in [4.69, 9.17) is 26.7 Å². The van der Waals surface area contributed by atoms with E-state index >= 15 is 0 Å². The Morgan fingerprint density at radius 3 is 2.27 bits per heavy atom. The molecule has 0 fully saturated rings. The minimum Gasteiger partial charge on any atom is -0.460 e. The van der Waals surface area contributed by atoms with Gasteiger partial charge >= 0.3 is 0 Å². The number of furan rings is 1. The van der Waals surface area contributed by atoms with E-state index in [0.29, 0.717) is 5.56 Å². The first-order valence-electron chi connectivity index (χ1n) is 2.89. The maximum Gasteiger partial charge on any atom is 0.178 e. The van der Waals surface area contributed by atoms with Gasteiger partial charge in [-0.3, -0.25) is 10.8 Å². The van der Waals surface area contributed by atoms with E-state index in [2.05, 4.69) is 0 Å². The van der Waals surface area contributed by atoms with Gasteiger partial charge in [-0.1, -0.05) is 0 Å². The lowest BCUT2D eigenvalue weighted by Crippen LogP contribution is -2.18. The summed E-state index contributed by atoms with van der Waals surface area (Å²) in [6.45, 7) is 0. The number of amidine groups is 2. The molecule has 0 unspecified atom stereocenters. The summed E-state index contributed by atoms with van der Waals surface area (Å²) < 4.78 is 4.82. The van der Waals surface area contributed by atoms with Crippen molar-refractivity contribution in [2.45, 2.75) is 0 Å². The monoisotopic (exact) mass is 152 g/mol. The highest BCUT2D eigenvalue weighted by molar-refractivity contribution is 6.06. The molecule has 0 aliphatic rings. The van der Waals surface area contributed by atoms with Crippen molar-refractivity contribution in [3.8, 4) is 0 Å². The van der Waals surface area contributed by atoms with Crippen LogP contribution in [0.25, 0.3) is 0 Å². The minimum atomic E-state index is -0.222. The maximum absolute atomic E-state index is 7.05. The van der Waals surface area contributed by atoms with Gasteiger partial charge in [-0.05, 0) is 6.07 Å². The number of rotatable bonds is 2. The van der Waals surface area contributed by atoms with Crippen molar-refractivity contribution in [1.29, 1.82) is 10.8 Å². The van der Waals surface area contributed by atoms with Crippen LogP contribution in [0.3, 0.4) is 0 Å². The van der Waals surface area contributed by atoms with Gasteiger partial charge in [0.05, 0.1) is 11.8 Å². The summed E-state index contributed by atoms with van der Waals surface area (Å²) >= 11 is 0. The number of hydrogen-bond donors (Lipinski definition) is 4. The van der Waals surface area contributed by atoms with Gasteiger partial charge in [0.1, 0.15) is 5.84 Å². The van der Waals surface area contributed by atoms with E-state index in [9.17, 15) is 0 Å². The van der Waals surface area contributed by atoms with E-state index in [1.165, 1.54) is 12.3 Å². The van der Waals surface area contributed by atoms with Crippen LogP contribution in [0, 0.1) is 10.8 Å². The Balaban J connectivity index is 3.16. The lowest BCUT2D eigenvalue weighted by atomic mass is 10.2. The number of nitrogen functional groups attached to an aromatic ring is 2. The van der Waals surface area contributed by atoms with Crippen molar-refractivity contribution in [3.05, 3.63) is 23.7 Å². The first-order valence-corrected chi connectivity index (χ1v) is 2.89. The van der Waals surface area contributed by atoms with Gasteiger partial charge in [0.25, 0.3) is 0 Å². The van der Waals surface area contributed by atoms with Gasteiger partial charge < -0.3 is 15.9 Å². The highest BCUT2D eigenvalue weighted by Crippen LogP contribution is 2.07. The normalized spacial score (nSPS) is 9.45. The third-order valence-corrected chi connectivity index (χ3v) is 1.20. The molecule has 6 N–H and O–H groups in total. The van der Waals surface area contributed by atoms with E-state index < -0.39 is 0 Å². The molecule has 0 saturated carbocycles. The summed E-state index contributed by atoms with van der Waals surface area (Å²) in [6, 6.07) is 1.50. The number of nitrogens with two attached hydrogens (primary N) is 2. The Morgan fingerprint density at radius 2 is 1.91 bits per heavy atom. The molecule has 0 bridgehead atoms. The molecule has 11 heavy (non-hydrogen) atoms. The van der Waals surface area contributed by atoms with Crippen molar-refractivity contribution < 1.29 is 4.42 Å². The quantitative estimate of drug-likeness (QED) is 0.349. The third kappa shape index (κ3) is 1.21. The molecule has 0 amide bonds. The second kappa shape index (κ2) is 2.45. The fourth-order valence-corrected chi connectivity index (χ4v) is 0.730. The largest absolute Gasteiger partial charge is 0.460 e. The van der Waals surface area contributed by atoms with Crippen LogP contribution in [0.1, 0.15) is 11.3 Å². The second-order valence-electron chi connectivity index (χ2n) is 1.99. The molecule has 0 radical (unpaired) electrons. The maximum atomic E-state index is 7.05. The van der Waals surface area contributed by atoms with Gasteiger partial charge in [0.2, 0.25) is 0 Å². The molecule has 1 aromatic heterocycles. The molecule has 0 aromatic carbocycles.